The Balaban J connectivity index is 2.37. The first-order valence-corrected chi connectivity index (χ1v) is 4.47. The van der Waals surface area contributed by atoms with Crippen LogP contribution in [0.25, 0.3) is 0 Å². The van der Waals surface area contributed by atoms with Gasteiger partial charge in [0.05, 0.1) is 0 Å². The van der Waals surface area contributed by atoms with E-state index in [1.165, 1.54) is 13.4 Å². The number of carbonyl (C=O) groups excluding carboxylic acids is 2. The lowest BCUT2D eigenvalue weighted by atomic mass is 10.2. The van der Waals surface area contributed by atoms with Gasteiger partial charge in [0.25, 0.3) is 0 Å². The molecule has 0 aliphatic carbocycles. The van der Waals surface area contributed by atoms with Gasteiger partial charge in [-0.3, -0.25) is 0 Å². The Hall–Kier alpha value is -1.84. The standard InChI is InChI=1S/C11H11O4/c1-9(15-8-12)11(13)14-7-10-5-3-2-4-6-10/h2-6,9H,7H2,1H3. The first-order valence-electron chi connectivity index (χ1n) is 4.47. The Morgan fingerprint density at radius 2 is 2.07 bits per heavy atom. The summed E-state index contributed by atoms with van der Waals surface area (Å²) in [7, 11) is 0. The van der Waals surface area contributed by atoms with Crippen molar-refractivity contribution in [3.05, 3.63) is 35.9 Å². The van der Waals surface area contributed by atoms with Crippen molar-refractivity contribution in [3.8, 4) is 0 Å². The molecule has 79 valence electrons. The summed E-state index contributed by atoms with van der Waals surface area (Å²) in [5.74, 6) is -0.581. The van der Waals surface area contributed by atoms with Crippen molar-refractivity contribution in [2.75, 3.05) is 0 Å². The van der Waals surface area contributed by atoms with E-state index >= 15 is 0 Å². The fourth-order valence-electron chi connectivity index (χ4n) is 0.966. The molecule has 0 fully saturated rings. The van der Waals surface area contributed by atoms with Crippen molar-refractivity contribution in [3.63, 3.8) is 0 Å². The summed E-state index contributed by atoms with van der Waals surface area (Å²) in [6, 6.07) is 9.25. The molecule has 15 heavy (non-hydrogen) atoms. The minimum absolute atomic E-state index is 0.173. The zero-order valence-corrected chi connectivity index (χ0v) is 8.30. The molecule has 1 radical (unpaired) electrons. The lowest BCUT2D eigenvalue weighted by Crippen LogP contribution is -2.22. The first-order chi connectivity index (χ1) is 7.24. The van der Waals surface area contributed by atoms with Gasteiger partial charge >= 0.3 is 12.4 Å². The topological polar surface area (TPSA) is 52.6 Å². The summed E-state index contributed by atoms with van der Waals surface area (Å²) in [6.07, 6.45) is -0.911. The number of benzene rings is 1. The molecular formula is C11H11O4. The largest absolute Gasteiger partial charge is 0.458 e. The first kappa shape index (κ1) is 11.2. The molecule has 4 heteroatoms. The minimum atomic E-state index is -0.911. The van der Waals surface area contributed by atoms with Crippen LogP contribution >= 0.6 is 0 Å². The molecule has 0 aliphatic rings. The number of ether oxygens (including phenoxy) is 2. The van der Waals surface area contributed by atoms with E-state index in [9.17, 15) is 9.59 Å². The fraction of sp³-hybridized carbons (Fsp3) is 0.273. The van der Waals surface area contributed by atoms with Gasteiger partial charge in [-0.15, -0.1) is 0 Å². The highest BCUT2D eigenvalue weighted by atomic mass is 16.6. The van der Waals surface area contributed by atoms with Gasteiger partial charge in [-0.05, 0) is 12.5 Å². The van der Waals surface area contributed by atoms with Crippen LogP contribution in [0, 0.1) is 0 Å². The third kappa shape index (κ3) is 3.81. The molecule has 1 rings (SSSR count). The molecule has 1 aromatic carbocycles. The van der Waals surface area contributed by atoms with E-state index in [1.807, 2.05) is 30.3 Å². The number of hydrogen-bond donors (Lipinski definition) is 0. The summed E-state index contributed by atoms with van der Waals surface area (Å²) in [5, 5.41) is 0. The van der Waals surface area contributed by atoms with Gasteiger partial charge in [0.2, 0.25) is 0 Å². The second-order valence-electron chi connectivity index (χ2n) is 2.94. The molecule has 0 heterocycles. The van der Waals surface area contributed by atoms with Gasteiger partial charge in [0.15, 0.2) is 6.10 Å². The summed E-state index contributed by atoms with van der Waals surface area (Å²) in [6.45, 7) is 2.80. The second-order valence-corrected chi connectivity index (χ2v) is 2.94. The lowest BCUT2D eigenvalue weighted by molar-refractivity contribution is -0.153. The SMILES string of the molecule is CC(O[C]=O)C(=O)OCc1ccccc1. The molecule has 0 amide bonds. The summed E-state index contributed by atoms with van der Waals surface area (Å²) < 4.78 is 9.21. The van der Waals surface area contributed by atoms with Gasteiger partial charge in [0.1, 0.15) is 6.61 Å². The summed E-state index contributed by atoms with van der Waals surface area (Å²) in [5.41, 5.74) is 0.883. The highest BCUT2D eigenvalue weighted by Gasteiger charge is 2.15. The predicted octanol–water partition coefficient (Wildman–Crippen LogP) is 1.20. The van der Waals surface area contributed by atoms with E-state index in [4.69, 9.17) is 4.74 Å². The van der Waals surface area contributed by atoms with Crippen molar-refractivity contribution in [2.45, 2.75) is 19.6 Å². The average Bonchev–Trinajstić information content (AvgIpc) is 2.27. The van der Waals surface area contributed by atoms with E-state index < -0.39 is 12.1 Å². The van der Waals surface area contributed by atoms with Crippen molar-refractivity contribution < 1.29 is 19.1 Å². The maximum absolute atomic E-state index is 11.2. The van der Waals surface area contributed by atoms with E-state index in [0.29, 0.717) is 0 Å². The molecule has 0 spiro atoms. The molecule has 1 atom stereocenters. The van der Waals surface area contributed by atoms with E-state index in [2.05, 4.69) is 4.74 Å². The second kappa shape index (κ2) is 5.80. The van der Waals surface area contributed by atoms with Gasteiger partial charge in [-0.2, -0.15) is 0 Å². The van der Waals surface area contributed by atoms with Crippen LogP contribution in [0.5, 0.6) is 0 Å². The third-order valence-corrected chi connectivity index (χ3v) is 1.78. The van der Waals surface area contributed by atoms with Crippen LogP contribution in [0.1, 0.15) is 12.5 Å². The Kier molecular flexibility index (Phi) is 4.34. The van der Waals surface area contributed by atoms with Crippen LogP contribution in [-0.4, -0.2) is 18.5 Å². The van der Waals surface area contributed by atoms with Crippen LogP contribution in [0.15, 0.2) is 30.3 Å². The van der Waals surface area contributed by atoms with Crippen molar-refractivity contribution >= 4 is 12.4 Å². The molecule has 0 aliphatic heterocycles. The molecule has 0 N–H and O–H groups in total. The van der Waals surface area contributed by atoms with E-state index in [-0.39, 0.29) is 6.61 Å². The predicted molar refractivity (Wildman–Crippen MR) is 52.5 cm³/mol. The Labute approximate surface area is 87.8 Å². The number of hydrogen-bond acceptors (Lipinski definition) is 4. The van der Waals surface area contributed by atoms with Gasteiger partial charge in [0, 0.05) is 0 Å². The van der Waals surface area contributed by atoms with Crippen LogP contribution in [-0.2, 0) is 25.7 Å². The maximum atomic E-state index is 11.2. The summed E-state index contributed by atoms with van der Waals surface area (Å²) >= 11 is 0. The smallest absolute Gasteiger partial charge is 0.418 e. The van der Waals surface area contributed by atoms with Crippen molar-refractivity contribution in [1.29, 1.82) is 0 Å². The normalized spacial score (nSPS) is 11.5. The molecular weight excluding hydrogens is 196 g/mol. The molecule has 0 aromatic heterocycles. The third-order valence-electron chi connectivity index (χ3n) is 1.78. The monoisotopic (exact) mass is 207 g/mol. The van der Waals surface area contributed by atoms with Crippen LogP contribution in [0.3, 0.4) is 0 Å². The van der Waals surface area contributed by atoms with Crippen LogP contribution in [0.4, 0.5) is 0 Å². The number of esters is 1. The molecule has 4 nitrogen and oxygen atoms in total. The zero-order valence-electron chi connectivity index (χ0n) is 8.30. The molecule has 0 saturated carbocycles. The van der Waals surface area contributed by atoms with E-state index in [1.54, 1.807) is 0 Å². The molecule has 1 unspecified atom stereocenters. The average molecular weight is 207 g/mol. The quantitative estimate of drug-likeness (QED) is 0.681. The summed E-state index contributed by atoms with van der Waals surface area (Å²) in [4.78, 5) is 21.0. The molecule has 0 saturated heterocycles. The fourth-order valence-corrected chi connectivity index (χ4v) is 0.966. The minimum Gasteiger partial charge on any atom is -0.458 e. The van der Waals surface area contributed by atoms with Crippen molar-refractivity contribution in [2.24, 2.45) is 0 Å². The highest BCUT2D eigenvalue weighted by Crippen LogP contribution is 2.02. The number of carbonyl (C=O) groups is 1. The zero-order chi connectivity index (χ0) is 11.1. The van der Waals surface area contributed by atoms with Gasteiger partial charge in [-0.25, -0.2) is 9.59 Å². The molecule has 1 aromatic rings. The highest BCUT2D eigenvalue weighted by molar-refractivity contribution is 5.75. The Morgan fingerprint density at radius 1 is 1.40 bits per heavy atom. The van der Waals surface area contributed by atoms with E-state index in [0.717, 1.165) is 5.56 Å². The lowest BCUT2D eigenvalue weighted by Gasteiger charge is -2.08. The van der Waals surface area contributed by atoms with Crippen LogP contribution < -0.4 is 0 Å². The number of rotatable bonds is 5. The molecule has 0 bridgehead atoms. The Bertz CT molecular complexity index is 321. The maximum Gasteiger partial charge on any atom is 0.418 e. The van der Waals surface area contributed by atoms with Crippen molar-refractivity contribution in [1.82, 2.24) is 0 Å². The van der Waals surface area contributed by atoms with Gasteiger partial charge in [-0.1, -0.05) is 30.3 Å². The van der Waals surface area contributed by atoms with Gasteiger partial charge < -0.3 is 9.47 Å². The Morgan fingerprint density at radius 3 is 2.67 bits per heavy atom. The van der Waals surface area contributed by atoms with Crippen LogP contribution in [0.2, 0.25) is 0 Å².